The molecule has 4 fully saturated rings. The van der Waals surface area contributed by atoms with E-state index in [4.69, 9.17) is 9.83 Å². The van der Waals surface area contributed by atoms with Crippen LogP contribution in [0.1, 0.15) is 24.1 Å². The lowest BCUT2D eigenvalue weighted by molar-refractivity contribution is -0.150. The molecule has 0 aromatic carbocycles. The number of thiophene rings is 1. The van der Waals surface area contributed by atoms with Crippen LogP contribution < -0.4 is 5.48 Å². The molecule has 6 rings (SSSR count). The van der Waals surface area contributed by atoms with Crippen molar-refractivity contribution in [1.29, 1.82) is 0 Å². The van der Waals surface area contributed by atoms with Gasteiger partial charge in [-0.1, -0.05) is 0 Å². The van der Waals surface area contributed by atoms with Gasteiger partial charge in [-0.2, -0.15) is 0 Å². The molecule has 0 saturated carbocycles. The van der Waals surface area contributed by atoms with Gasteiger partial charge in [0.25, 0.3) is 0 Å². The maximum Gasteiger partial charge on any atom is 0.155 e. The molecule has 4 aliphatic heterocycles. The number of nitrogens with zero attached hydrogens (tertiary/aromatic N) is 3. The van der Waals surface area contributed by atoms with Gasteiger partial charge in [-0.3, -0.25) is 10.3 Å². The van der Waals surface area contributed by atoms with Crippen LogP contribution in [0.4, 0.5) is 5.82 Å². The first kappa shape index (κ1) is 16.3. The first-order chi connectivity index (χ1) is 11.2. The van der Waals surface area contributed by atoms with E-state index in [1.807, 2.05) is 6.07 Å². The number of hydrogen-bond acceptors (Lipinski definition) is 5. The molecule has 1 N–H and O–H groups in total. The summed E-state index contributed by atoms with van der Waals surface area (Å²) in [5.41, 5.74) is 3.02. The van der Waals surface area contributed by atoms with E-state index in [-0.39, 0.29) is 18.0 Å². The smallest absolute Gasteiger partial charge is 0.155 e. The molecule has 5 nitrogen and oxygen atoms in total. The quantitative estimate of drug-likeness (QED) is 0.842. The van der Waals surface area contributed by atoms with Crippen LogP contribution in [-0.2, 0) is 4.84 Å². The first-order valence-corrected chi connectivity index (χ1v) is 9.13. The topological polar surface area (TPSA) is 49.8 Å². The summed E-state index contributed by atoms with van der Waals surface area (Å²) < 4.78 is 0. The van der Waals surface area contributed by atoms with E-state index in [1.165, 1.54) is 36.2 Å². The predicted molar refractivity (Wildman–Crippen MR) is 99.4 cm³/mol. The zero-order valence-corrected chi connectivity index (χ0v) is 15.3. The van der Waals surface area contributed by atoms with Gasteiger partial charge in [0.1, 0.15) is 16.3 Å². The van der Waals surface area contributed by atoms with E-state index in [0.29, 0.717) is 5.92 Å². The monoisotopic (exact) mass is 364 g/mol. The van der Waals surface area contributed by atoms with E-state index < -0.39 is 0 Å². The Morgan fingerprint density at radius 2 is 2.21 bits per heavy atom. The molecule has 6 heterocycles. The maximum atomic E-state index is 6.04. The Balaban J connectivity index is 0.00000146. The van der Waals surface area contributed by atoms with E-state index in [2.05, 4.69) is 34.4 Å². The van der Waals surface area contributed by atoms with Gasteiger partial charge in [-0.25, -0.2) is 9.98 Å². The van der Waals surface area contributed by atoms with Crippen molar-refractivity contribution in [1.82, 2.24) is 15.4 Å². The lowest BCUT2D eigenvalue weighted by atomic mass is 9.74. The molecule has 0 radical (unpaired) electrons. The molecule has 2 bridgehead atoms. The van der Waals surface area contributed by atoms with Crippen molar-refractivity contribution in [3.8, 4) is 0 Å². The Bertz CT molecular complexity index is 799. The number of piperidine rings is 3. The third-order valence-electron chi connectivity index (χ3n) is 5.40. The third kappa shape index (κ3) is 2.62. The molecule has 0 aliphatic carbocycles. The van der Waals surface area contributed by atoms with E-state index in [1.54, 1.807) is 11.3 Å². The van der Waals surface area contributed by atoms with Crippen LogP contribution >= 0.6 is 23.7 Å². The van der Waals surface area contributed by atoms with Gasteiger partial charge in [0.05, 0.1) is 0 Å². The van der Waals surface area contributed by atoms with E-state index in [0.717, 1.165) is 29.4 Å². The average molecular weight is 365 g/mol. The SMILES string of the molecule is Cc1cc2ccc(N=C3C[C@@]4(CN5CCC4CC5)ON3)nc2s1.Cl. The number of aliphatic imine (C=N–C) groups is 1. The number of aryl methyl sites for hydroxylation is 1. The van der Waals surface area contributed by atoms with Crippen LogP contribution in [0.3, 0.4) is 0 Å². The number of fused-ring (bicyclic) bond motifs is 3. The molecule has 4 saturated heterocycles. The minimum Gasteiger partial charge on any atom is -0.300 e. The fraction of sp³-hybridized carbons (Fsp3) is 0.529. The summed E-state index contributed by atoms with van der Waals surface area (Å²) in [7, 11) is 0. The Labute approximate surface area is 151 Å². The van der Waals surface area contributed by atoms with Gasteiger partial charge < -0.3 is 4.90 Å². The molecule has 128 valence electrons. The number of nitrogens with one attached hydrogen (secondary N) is 1. The van der Waals surface area contributed by atoms with Gasteiger partial charge in [-0.15, -0.1) is 23.7 Å². The summed E-state index contributed by atoms with van der Waals surface area (Å²) in [6.07, 6.45) is 3.36. The largest absolute Gasteiger partial charge is 0.300 e. The van der Waals surface area contributed by atoms with Crippen LogP contribution in [0.2, 0.25) is 0 Å². The van der Waals surface area contributed by atoms with Gasteiger partial charge >= 0.3 is 0 Å². The summed E-state index contributed by atoms with van der Waals surface area (Å²) in [6.45, 7) is 5.58. The van der Waals surface area contributed by atoms with Gasteiger partial charge in [0.2, 0.25) is 0 Å². The highest BCUT2D eigenvalue weighted by molar-refractivity contribution is 7.18. The van der Waals surface area contributed by atoms with Gasteiger partial charge in [-0.05, 0) is 57.0 Å². The summed E-state index contributed by atoms with van der Waals surface area (Å²) in [6, 6.07) is 6.26. The second-order valence-corrected chi connectivity index (χ2v) is 8.21. The first-order valence-electron chi connectivity index (χ1n) is 8.31. The Morgan fingerprint density at radius 3 is 2.96 bits per heavy atom. The zero-order chi connectivity index (χ0) is 15.4. The number of aromatic nitrogens is 1. The molecule has 7 heteroatoms. The standard InChI is InChI=1S/C17H20N4OS.ClH/c1-11-8-12-2-3-14(19-16(12)23-11)18-15-9-17(22-20-15)10-21-6-4-13(17)5-7-21;/h2-3,8,13H,4-7,9-10H2,1H3,(H,18,19,20);1H/t17-;/m0./s1. The van der Waals surface area contributed by atoms with Crippen molar-refractivity contribution in [3.05, 3.63) is 23.1 Å². The minimum absolute atomic E-state index is 0. The Hall–Kier alpha value is -1.21. The number of hydrogen-bond donors (Lipinski definition) is 1. The van der Waals surface area contributed by atoms with Crippen molar-refractivity contribution in [3.63, 3.8) is 0 Å². The van der Waals surface area contributed by atoms with Crippen LogP contribution in [0, 0.1) is 12.8 Å². The highest BCUT2D eigenvalue weighted by Gasteiger charge is 2.52. The molecule has 1 atom stereocenters. The molecule has 0 unspecified atom stereocenters. The van der Waals surface area contributed by atoms with Crippen LogP contribution in [0.5, 0.6) is 0 Å². The molecule has 2 aromatic rings. The van der Waals surface area contributed by atoms with Crippen molar-refractivity contribution < 1.29 is 4.84 Å². The van der Waals surface area contributed by atoms with Crippen LogP contribution in [-0.4, -0.2) is 41.0 Å². The van der Waals surface area contributed by atoms with Crippen LogP contribution in [0.15, 0.2) is 23.2 Å². The summed E-state index contributed by atoms with van der Waals surface area (Å²) in [4.78, 5) is 20.3. The second-order valence-electron chi connectivity index (χ2n) is 6.98. The number of pyridine rings is 1. The lowest BCUT2D eigenvalue weighted by Gasteiger charge is -2.49. The van der Waals surface area contributed by atoms with E-state index >= 15 is 0 Å². The van der Waals surface area contributed by atoms with Crippen molar-refractivity contribution in [2.75, 3.05) is 19.6 Å². The second kappa shape index (κ2) is 5.95. The summed E-state index contributed by atoms with van der Waals surface area (Å²) in [5, 5.41) is 1.20. The number of amidine groups is 1. The normalized spacial score (nSPS) is 33.1. The zero-order valence-electron chi connectivity index (χ0n) is 13.6. The Kier molecular flexibility index (Phi) is 4.03. The maximum absolute atomic E-state index is 6.04. The highest BCUT2D eigenvalue weighted by Crippen LogP contribution is 2.42. The molecule has 4 aliphatic rings. The fourth-order valence-electron chi connectivity index (χ4n) is 4.25. The summed E-state index contributed by atoms with van der Waals surface area (Å²) >= 11 is 1.72. The fourth-order valence-corrected chi connectivity index (χ4v) is 5.13. The Morgan fingerprint density at radius 1 is 1.38 bits per heavy atom. The highest BCUT2D eigenvalue weighted by atomic mass is 35.5. The average Bonchev–Trinajstić information content (AvgIpc) is 3.11. The van der Waals surface area contributed by atoms with Crippen molar-refractivity contribution in [2.45, 2.75) is 31.8 Å². The number of rotatable bonds is 1. The predicted octanol–water partition coefficient (Wildman–Crippen LogP) is 3.45. The van der Waals surface area contributed by atoms with Crippen molar-refractivity contribution >= 4 is 45.6 Å². The van der Waals surface area contributed by atoms with Gasteiger partial charge in [0.15, 0.2) is 5.82 Å². The van der Waals surface area contributed by atoms with Crippen LogP contribution in [0.25, 0.3) is 10.2 Å². The molecule has 24 heavy (non-hydrogen) atoms. The minimum atomic E-state index is -0.0705. The van der Waals surface area contributed by atoms with Crippen molar-refractivity contribution in [2.24, 2.45) is 10.9 Å². The molecule has 2 aromatic heterocycles. The van der Waals surface area contributed by atoms with Gasteiger partial charge in [0, 0.05) is 23.2 Å². The molecular formula is C17H21ClN4OS. The lowest BCUT2D eigenvalue weighted by Crippen LogP contribution is -2.59. The molecule has 1 spiro atoms. The molecule has 0 amide bonds. The van der Waals surface area contributed by atoms with E-state index in [9.17, 15) is 0 Å². The molecular weight excluding hydrogens is 344 g/mol. The third-order valence-corrected chi connectivity index (χ3v) is 6.36. The number of hydroxylamine groups is 1. The summed E-state index contributed by atoms with van der Waals surface area (Å²) in [5.74, 6) is 2.34. The number of halogens is 1.